The molecule has 5 nitrogen and oxygen atoms in total. The van der Waals surface area contributed by atoms with E-state index in [9.17, 15) is 9.59 Å². The van der Waals surface area contributed by atoms with Crippen LogP contribution in [0.3, 0.4) is 0 Å². The first-order chi connectivity index (χ1) is 14.1. The second-order valence-electron chi connectivity index (χ2n) is 7.00. The quantitative estimate of drug-likeness (QED) is 0.572. The fraction of sp³-hybridized carbons (Fsp3) is 0.125. The van der Waals surface area contributed by atoms with Crippen LogP contribution in [0.2, 0.25) is 0 Å². The number of fused-ring (bicyclic) bond motifs is 1. The van der Waals surface area contributed by atoms with E-state index in [1.165, 1.54) is 16.3 Å². The molecule has 0 spiro atoms. The molecule has 0 aliphatic rings. The molecule has 1 aromatic heterocycles. The van der Waals surface area contributed by atoms with Gasteiger partial charge >= 0.3 is 0 Å². The first kappa shape index (κ1) is 18.6. The smallest absolute Gasteiger partial charge is 0.267 e. The molecule has 3 aromatic carbocycles. The molecule has 0 saturated carbocycles. The number of nitrogens with zero attached hydrogens (tertiary/aromatic N) is 2. The van der Waals surface area contributed by atoms with Crippen molar-refractivity contribution in [3.63, 3.8) is 0 Å². The first-order valence-electron chi connectivity index (χ1n) is 9.49. The summed E-state index contributed by atoms with van der Waals surface area (Å²) in [6.45, 7) is 2.31. The highest BCUT2D eigenvalue weighted by Gasteiger charge is 2.10. The molecule has 0 aliphatic heterocycles. The van der Waals surface area contributed by atoms with Gasteiger partial charge in [-0.1, -0.05) is 72.3 Å². The van der Waals surface area contributed by atoms with Gasteiger partial charge in [0.05, 0.1) is 5.69 Å². The fourth-order valence-electron chi connectivity index (χ4n) is 3.25. The summed E-state index contributed by atoms with van der Waals surface area (Å²) in [6.07, 6.45) is 0. The van der Waals surface area contributed by atoms with E-state index in [2.05, 4.69) is 10.4 Å². The van der Waals surface area contributed by atoms with E-state index >= 15 is 0 Å². The average Bonchev–Trinajstić information content (AvgIpc) is 2.74. The summed E-state index contributed by atoms with van der Waals surface area (Å²) in [5.41, 5.74) is 3.46. The molecule has 1 amide bonds. The third-order valence-electron chi connectivity index (χ3n) is 4.84. The van der Waals surface area contributed by atoms with E-state index in [1.54, 1.807) is 6.07 Å². The maximum absolute atomic E-state index is 12.4. The molecular formula is C24H21N3O2. The minimum atomic E-state index is -0.306. The number of amides is 1. The number of aromatic nitrogens is 2. The lowest BCUT2D eigenvalue weighted by Gasteiger charge is -2.10. The van der Waals surface area contributed by atoms with Crippen molar-refractivity contribution in [1.82, 2.24) is 15.1 Å². The van der Waals surface area contributed by atoms with Gasteiger partial charge in [-0.2, -0.15) is 5.10 Å². The van der Waals surface area contributed by atoms with E-state index in [4.69, 9.17) is 0 Å². The number of nitrogens with one attached hydrogen (secondary N) is 1. The molecule has 0 atom stereocenters. The summed E-state index contributed by atoms with van der Waals surface area (Å²) < 4.78 is 1.21. The SMILES string of the molecule is Cc1ccc(CNC(=O)Cn2nc(-c3cccc4ccccc34)ccc2=O)cc1. The lowest BCUT2D eigenvalue weighted by molar-refractivity contribution is -0.122. The molecule has 29 heavy (non-hydrogen) atoms. The van der Waals surface area contributed by atoms with Gasteiger partial charge in [0.1, 0.15) is 6.54 Å². The molecule has 0 saturated heterocycles. The van der Waals surface area contributed by atoms with Crippen LogP contribution in [0, 0.1) is 6.92 Å². The monoisotopic (exact) mass is 383 g/mol. The summed E-state index contributed by atoms with van der Waals surface area (Å²) in [5, 5.41) is 9.44. The largest absolute Gasteiger partial charge is 0.350 e. The minimum absolute atomic E-state index is 0.122. The number of aryl methyl sites for hydroxylation is 1. The number of carbonyl (C=O) groups excluding carboxylic acids is 1. The second-order valence-corrected chi connectivity index (χ2v) is 7.00. The third kappa shape index (κ3) is 4.24. The zero-order valence-corrected chi connectivity index (χ0v) is 16.1. The molecule has 0 fully saturated rings. The van der Waals surface area contributed by atoms with Crippen molar-refractivity contribution in [1.29, 1.82) is 0 Å². The van der Waals surface area contributed by atoms with E-state index in [-0.39, 0.29) is 18.0 Å². The van der Waals surface area contributed by atoms with Gasteiger partial charge in [-0.3, -0.25) is 9.59 Å². The summed E-state index contributed by atoms with van der Waals surface area (Å²) in [6, 6.07) is 25.1. The molecule has 144 valence electrons. The highest BCUT2D eigenvalue weighted by molar-refractivity contribution is 5.95. The molecule has 4 rings (SSSR count). The molecule has 0 radical (unpaired) electrons. The molecular weight excluding hydrogens is 362 g/mol. The molecule has 5 heteroatoms. The number of carbonyl (C=O) groups is 1. The topological polar surface area (TPSA) is 64.0 Å². The summed E-state index contributed by atoms with van der Waals surface area (Å²) in [7, 11) is 0. The summed E-state index contributed by atoms with van der Waals surface area (Å²) >= 11 is 0. The number of hydrogen-bond acceptors (Lipinski definition) is 3. The highest BCUT2D eigenvalue weighted by Crippen LogP contribution is 2.26. The molecule has 1 N–H and O–H groups in total. The van der Waals surface area contributed by atoms with Crippen LogP contribution in [0.5, 0.6) is 0 Å². The maximum atomic E-state index is 12.4. The number of benzene rings is 3. The number of rotatable bonds is 5. The van der Waals surface area contributed by atoms with Gasteiger partial charge in [-0.25, -0.2) is 4.68 Å². The van der Waals surface area contributed by atoms with Gasteiger partial charge in [-0.15, -0.1) is 0 Å². The summed E-state index contributed by atoms with van der Waals surface area (Å²) in [4.78, 5) is 24.6. The Morgan fingerprint density at radius 1 is 0.931 bits per heavy atom. The fourth-order valence-corrected chi connectivity index (χ4v) is 3.25. The van der Waals surface area contributed by atoms with Crippen molar-refractivity contribution in [2.75, 3.05) is 0 Å². The Morgan fingerprint density at radius 3 is 2.52 bits per heavy atom. The maximum Gasteiger partial charge on any atom is 0.267 e. The van der Waals surface area contributed by atoms with E-state index in [0.717, 1.165) is 21.9 Å². The van der Waals surface area contributed by atoms with Gasteiger partial charge < -0.3 is 5.32 Å². The Morgan fingerprint density at radius 2 is 1.69 bits per heavy atom. The van der Waals surface area contributed by atoms with Crippen LogP contribution in [0.25, 0.3) is 22.0 Å². The van der Waals surface area contributed by atoms with Gasteiger partial charge in [0.15, 0.2) is 0 Å². The lowest BCUT2D eigenvalue weighted by Crippen LogP contribution is -2.33. The predicted octanol–water partition coefficient (Wildman–Crippen LogP) is 3.69. The Balaban J connectivity index is 1.54. The predicted molar refractivity (Wildman–Crippen MR) is 114 cm³/mol. The zero-order chi connectivity index (χ0) is 20.2. The van der Waals surface area contributed by atoms with E-state index in [1.807, 2.05) is 73.7 Å². The molecule has 4 aromatic rings. The Kier molecular flexibility index (Phi) is 5.20. The Labute approximate surface area is 168 Å². The Hall–Kier alpha value is -3.73. The van der Waals surface area contributed by atoms with Crippen LogP contribution in [0.4, 0.5) is 0 Å². The van der Waals surface area contributed by atoms with Crippen molar-refractivity contribution in [2.45, 2.75) is 20.0 Å². The number of hydrogen-bond donors (Lipinski definition) is 1. The van der Waals surface area contributed by atoms with Crippen molar-refractivity contribution < 1.29 is 4.79 Å². The zero-order valence-electron chi connectivity index (χ0n) is 16.1. The van der Waals surface area contributed by atoms with Crippen LogP contribution in [-0.2, 0) is 17.9 Å². The van der Waals surface area contributed by atoms with Gasteiger partial charge in [0, 0.05) is 18.2 Å². The average molecular weight is 383 g/mol. The van der Waals surface area contributed by atoms with E-state index in [0.29, 0.717) is 12.2 Å². The van der Waals surface area contributed by atoms with Crippen LogP contribution < -0.4 is 10.9 Å². The van der Waals surface area contributed by atoms with Crippen molar-refractivity contribution in [3.8, 4) is 11.3 Å². The first-order valence-corrected chi connectivity index (χ1v) is 9.49. The van der Waals surface area contributed by atoms with Crippen LogP contribution in [0.1, 0.15) is 11.1 Å². The normalized spacial score (nSPS) is 10.8. The third-order valence-corrected chi connectivity index (χ3v) is 4.84. The van der Waals surface area contributed by atoms with Gasteiger partial charge in [0.2, 0.25) is 5.91 Å². The molecule has 1 heterocycles. The van der Waals surface area contributed by atoms with Crippen molar-refractivity contribution in [2.24, 2.45) is 0 Å². The van der Waals surface area contributed by atoms with Crippen LogP contribution >= 0.6 is 0 Å². The van der Waals surface area contributed by atoms with Gasteiger partial charge in [0.25, 0.3) is 5.56 Å². The van der Waals surface area contributed by atoms with E-state index < -0.39 is 0 Å². The second kappa shape index (κ2) is 8.10. The Bertz CT molecular complexity index is 1220. The van der Waals surface area contributed by atoms with Crippen LogP contribution in [-0.4, -0.2) is 15.7 Å². The lowest BCUT2D eigenvalue weighted by atomic mass is 10.0. The van der Waals surface area contributed by atoms with Crippen LogP contribution in [0.15, 0.2) is 83.7 Å². The summed E-state index contributed by atoms with van der Waals surface area (Å²) in [5.74, 6) is -0.254. The minimum Gasteiger partial charge on any atom is -0.350 e. The van der Waals surface area contributed by atoms with Gasteiger partial charge in [-0.05, 0) is 29.3 Å². The van der Waals surface area contributed by atoms with Crippen molar-refractivity contribution >= 4 is 16.7 Å². The highest BCUT2D eigenvalue weighted by atomic mass is 16.2. The molecule has 0 aliphatic carbocycles. The standard InChI is InChI=1S/C24H21N3O2/c1-17-9-11-18(12-10-17)15-25-23(28)16-27-24(29)14-13-22(26-27)21-8-4-6-19-5-2-3-7-20(19)21/h2-14H,15-16H2,1H3,(H,25,28). The molecule has 0 unspecified atom stereocenters. The molecule has 0 bridgehead atoms. The van der Waals surface area contributed by atoms with Crippen molar-refractivity contribution in [3.05, 3.63) is 100 Å².